The van der Waals surface area contributed by atoms with Gasteiger partial charge < -0.3 is 16.4 Å². The Kier molecular flexibility index (Phi) is 4.96. The molecule has 17 heavy (non-hydrogen) atoms. The first-order chi connectivity index (χ1) is 8.06. The number of nitrogens with one attached hydrogen (secondary N) is 2. The number of hydrogen-bond donors (Lipinski definition) is 3. The first kappa shape index (κ1) is 13.5. The van der Waals surface area contributed by atoms with Crippen LogP contribution in [-0.2, 0) is 4.79 Å². The number of anilines is 2. The van der Waals surface area contributed by atoms with Crippen LogP contribution in [0.15, 0.2) is 6.33 Å². The minimum atomic E-state index is -0.435. The van der Waals surface area contributed by atoms with Crippen LogP contribution >= 0.6 is 11.6 Å². The molecule has 6 nitrogen and oxygen atoms in total. The molecule has 4 N–H and O–H groups in total. The Labute approximate surface area is 105 Å². The standard InChI is InChI=1S/C10H16ClN5O/c1-3-4-13-10(17)6(2)16-9-7(12)8(11)14-5-15-9/h5-6H,3-4,12H2,1-2H3,(H,13,17)(H,14,15,16). The summed E-state index contributed by atoms with van der Waals surface area (Å²) in [6.45, 7) is 4.35. The van der Waals surface area contributed by atoms with E-state index in [1.54, 1.807) is 6.92 Å². The number of carbonyl (C=O) groups is 1. The van der Waals surface area contributed by atoms with Crippen molar-refractivity contribution in [2.75, 3.05) is 17.6 Å². The van der Waals surface area contributed by atoms with Gasteiger partial charge in [0.25, 0.3) is 0 Å². The summed E-state index contributed by atoms with van der Waals surface area (Å²) in [5, 5.41) is 5.82. The van der Waals surface area contributed by atoms with Gasteiger partial charge in [-0.2, -0.15) is 0 Å². The predicted molar refractivity (Wildman–Crippen MR) is 67.8 cm³/mol. The molecule has 0 aromatic carbocycles. The Hall–Kier alpha value is -1.56. The quantitative estimate of drug-likeness (QED) is 0.686. The molecule has 0 aliphatic rings. The van der Waals surface area contributed by atoms with E-state index in [2.05, 4.69) is 20.6 Å². The van der Waals surface area contributed by atoms with Gasteiger partial charge in [-0.05, 0) is 13.3 Å². The third-order valence-corrected chi connectivity index (χ3v) is 2.43. The average molecular weight is 258 g/mol. The lowest BCUT2D eigenvalue weighted by Crippen LogP contribution is -2.38. The predicted octanol–water partition coefficient (Wildman–Crippen LogP) is 1.04. The molecule has 7 heteroatoms. The van der Waals surface area contributed by atoms with Gasteiger partial charge in [-0.3, -0.25) is 4.79 Å². The zero-order chi connectivity index (χ0) is 12.8. The number of hydrogen-bond acceptors (Lipinski definition) is 5. The van der Waals surface area contributed by atoms with E-state index in [-0.39, 0.29) is 16.7 Å². The van der Waals surface area contributed by atoms with Gasteiger partial charge in [0.05, 0.1) is 0 Å². The smallest absolute Gasteiger partial charge is 0.242 e. The number of nitrogens with zero attached hydrogens (tertiary/aromatic N) is 2. The molecule has 94 valence electrons. The summed E-state index contributed by atoms with van der Waals surface area (Å²) < 4.78 is 0. The van der Waals surface area contributed by atoms with Crippen LogP contribution < -0.4 is 16.4 Å². The molecule has 1 amide bonds. The third kappa shape index (κ3) is 3.74. The van der Waals surface area contributed by atoms with E-state index in [0.29, 0.717) is 12.4 Å². The second kappa shape index (κ2) is 6.24. The molecule has 0 radical (unpaired) electrons. The van der Waals surface area contributed by atoms with E-state index in [1.807, 2.05) is 6.92 Å². The Morgan fingerprint density at radius 1 is 1.59 bits per heavy atom. The zero-order valence-corrected chi connectivity index (χ0v) is 10.6. The largest absolute Gasteiger partial charge is 0.393 e. The summed E-state index contributed by atoms with van der Waals surface area (Å²) in [4.78, 5) is 19.3. The molecule has 1 unspecified atom stereocenters. The molecule has 0 spiro atoms. The Bertz CT molecular complexity index is 398. The molecule has 0 aliphatic carbocycles. The molecule has 1 aromatic rings. The minimum absolute atomic E-state index is 0.110. The first-order valence-electron chi connectivity index (χ1n) is 5.36. The monoisotopic (exact) mass is 257 g/mol. The third-order valence-electron chi connectivity index (χ3n) is 2.13. The van der Waals surface area contributed by atoms with Crippen LogP contribution in [0.4, 0.5) is 11.5 Å². The van der Waals surface area contributed by atoms with E-state index in [4.69, 9.17) is 17.3 Å². The van der Waals surface area contributed by atoms with Gasteiger partial charge in [0, 0.05) is 6.54 Å². The van der Waals surface area contributed by atoms with Crippen molar-refractivity contribution in [1.29, 1.82) is 0 Å². The van der Waals surface area contributed by atoms with Crippen molar-refractivity contribution in [3.05, 3.63) is 11.5 Å². The van der Waals surface area contributed by atoms with Crippen molar-refractivity contribution < 1.29 is 4.79 Å². The second-order valence-electron chi connectivity index (χ2n) is 3.58. The van der Waals surface area contributed by atoms with Crippen molar-refractivity contribution in [2.45, 2.75) is 26.3 Å². The Morgan fingerprint density at radius 2 is 2.29 bits per heavy atom. The highest BCUT2D eigenvalue weighted by Gasteiger charge is 2.14. The van der Waals surface area contributed by atoms with Crippen LogP contribution in [0.1, 0.15) is 20.3 Å². The van der Waals surface area contributed by atoms with Crippen molar-refractivity contribution in [3.8, 4) is 0 Å². The fraction of sp³-hybridized carbons (Fsp3) is 0.500. The highest BCUT2D eigenvalue weighted by Crippen LogP contribution is 2.22. The van der Waals surface area contributed by atoms with E-state index in [1.165, 1.54) is 6.33 Å². The molecule has 0 aliphatic heterocycles. The average Bonchev–Trinajstić information content (AvgIpc) is 2.31. The molecule has 0 saturated carbocycles. The van der Waals surface area contributed by atoms with Gasteiger partial charge in [-0.25, -0.2) is 9.97 Å². The summed E-state index contributed by atoms with van der Waals surface area (Å²) in [5.41, 5.74) is 5.92. The fourth-order valence-corrected chi connectivity index (χ4v) is 1.29. The lowest BCUT2D eigenvalue weighted by molar-refractivity contribution is -0.121. The topological polar surface area (TPSA) is 92.9 Å². The number of halogens is 1. The fourth-order valence-electron chi connectivity index (χ4n) is 1.16. The lowest BCUT2D eigenvalue weighted by atomic mass is 10.3. The molecule has 1 rings (SSSR count). The van der Waals surface area contributed by atoms with Gasteiger partial charge >= 0.3 is 0 Å². The lowest BCUT2D eigenvalue weighted by Gasteiger charge is -2.15. The highest BCUT2D eigenvalue weighted by molar-refractivity contribution is 6.32. The van der Waals surface area contributed by atoms with E-state index in [0.717, 1.165) is 6.42 Å². The molecule has 0 saturated heterocycles. The van der Waals surface area contributed by atoms with Gasteiger partial charge in [0.15, 0.2) is 11.0 Å². The van der Waals surface area contributed by atoms with Gasteiger partial charge in [0.2, 0.25) is 5.91 Å². The van der Waals surface area contributed by atoms with E-state index >= 15 is 0 Å². The summed E-state index contributed by atoms with van der Waals surface area (Å²) in [5.74, 6) is 0.255. The van der Waals surface area contributed by atoms with Crippen molar-refractivity contribution in [2.24, 2.45) is 0 Å². The molecule has 0 fully saturated rings. The zero-order valence-electron chi connectivity index (χ0n) is 9.83. The number of amides is 1. The molecule has 1 heterocycles. The van der Waals surface area contributed by atoms with Crippen molar-refractivity contribution >= 4 is 29.0 Å². The van der Waals surface area contributed by atoms with Crippen molar-refractivity contribution in [3.63, 3.8) is 0 Å². The van der Waals surface area contributed by atoms with Gasteiger partial charge in [-0.1, -0.05) is 18.5 Å². The van der Waals surface area contributed by atoms with E-state index in [9.17, 15) is 4.79 Å². The summed E-state index contributed by atoms with van der Waals surface area (Å²) in [6.07, 6.45) is 2.18. The molecule has 1 atom stereocenters. The second-order valence-corrected chi connectivity index (χ2v) is 3.94. The molecular formula is C10H16ClN5O. The maximum Gasteiger partial charge on any atom is 0.242 e. The van der Waals surface area contributed by atoms with Crippen LogP contribution in [-0.4, -0.2) is 28.5 Å². The number of aromatic nitrogens is 2. The van der Waals surface area contributed by atoms with Crippen molar-refractivity contribution in [1.82, 2.24) is 15.3 Å². The highest BCUT2D eigenvalue weighted by atomic mass is 35.5. The Balaban J connectivity index is 2.64. The van der Waals surface area contributed by atoms with Crippen LogP contribution in [0.3, 0.4) is 0 Å². The van der Waals surface area contributed by atoms with Gasteiger partial charge in [-0.15, -0.1) is 0 Å². The summed E-state index contributed by atoms with van der Waals surface area (Å²) >= 11 is 5.74. The molecule has 0 bridgehead atoms. The van der Waals surface area contributed by atoms with Gasteiger partial charge in [0.1, 0.15) is 18.1 Å². The number of carbonyl (C=O) groups excluding carboxylic acids is 1. The van der Waals surface area contributed by atoms with Crippen LogP contribution in [0, 0.1) is 0 Å². The first-order valence-corrected chi connectivity index (χ1v) is 5.74. The maximum atomic E-state index is 11.6. The molecular weight excluding hydrogens is 242 g/mol. The number of rotatable bonds is 5. The van der Waals surface area contributed by atoms with E-state index < -0.39 is 6.04 Å². The normalized spacial score (nSPS) is 11.9. The summed E-state index contributed by atoms with van der Waals surface area (Å²) in [6, 6.07) is -0.435. The summed E-state index contributed by atoms with van der Waals surface area (Å²) in [7, 11) is 0. The Morgan fingerprint density at radius 3 is 2.94 bits per heavy atom. The van der Waals surface area contributed by atoms with Crippen LogP contribution in [0.5, 0.6) is 0 Å². The van der Waals surface area contributed by atoms with Crippen LogP contribution in [0.25, 0.3) is 0 Å². The number of nitrogen functional groups attached to an aromatic ring is 1. The SMILES string of the molecule is CCCNC(=O)C(C)Nc1ncnc(Cl)c1N. The number of nitrogens with two attached hydrogens (primary N) is 1. The maximum absolute atomic E-state index is 11.6. The minimum Gasteiger partial charge on any atom is -0.393 e. The molecule has 1 aromatic heterocycles. The van der Waals surface area contributed by atoms with Crippen LogP contribution in [0.2, 0.25) is 5.15 Å².